The van der Waals surface area contributed by atoms with E-state index in [0.29, 0.717) is 30.3 Å². The molecule has 0 unspecified atom stereocenters. The summed E-state index contributed by atoms with van der Waals surface area (Å²) in [5.74, 6) is -0.312. The van der Waals surface area contributed by atoms with Gasteiger partial charge in [-0.2, -0.15) is 11.8 Å². The smallest absolute Gasteiger partial charge is 0.407 e. The highest BCUT2D eigenvalue weighted by Gasteiger charge is 2.39. The predicted octanol–water partition coefficient (Wildman–Crippen LogP) is 3.10. The van der Waals surface area contributed by atoms with E-state index in [1.54, 1.807) is 16.7 Å². The van der Waals surface area contributed by atoms with Gasteiger partial charge in [0, 0.05) is 43.5 Å². The highest BCUT2D eigenvalue weighted by molar-refractivity contribution is 7.98. The Morgan fingerprint density at radius 2 is 1.94 bits per heavy atom. The molecule has 0 aromatic carbocycles. The molecule has 1 aromatic heterocycles. The van der Waals surface area contributed by atoms with E-state index in [-0.39, 0.29) is 36.8 Å². The van der Waals surface area contributed by atoms with Gasteiger partial charge in [-0.25, -0.2) is 14.8 Å². The summed E-state index contributed by atoms with van der Waals surface area (Å²) in [6, 6.07) is -0.567. The molecule has 0 aliphatic carbocycles. The number of carbonyl (C=O) groups is 3. The van der Waals surface area contributed by atoms with Gasteiger partial charge in [0.2, 0.25) is 0 Å². The van der Waals surface area contributed by atoms with Gasteiger partial charge in [-0.05, 0) is 18.6 Å². The molecule has 1 fully saturated rings. The largest absolute Gasteiger partial charge is 0.481 e. The van der Waals surface area contributed by atoms with Crippen molar-refractivity contribution in [1.82, 2.24) is 19.8 Å². The molecule has 2 amide bonds. The number of anilines is 1. The maximum Gasteiger partial charge on any atom is 0.407 e. The topological polar surface area (TPSA) is 136 Å². The first-order valence-electron chi connectivity index (χ1n) is 11.5. The number of amides is 2. The highest BCUT2D eigenvalue weighted by atomic mass is 32.2. The number of nitrogens with zero attached hydrogens (tertiary/aromatic N) is 4. The molecule has 1 saturated heterocycles. The average molecular weight is 496 g/mol. The summed E-state index contributed by atoms with van der Waals surface area (Å²) in [5.41, 5.74) is -0.0102. The van der Waals surface area contributed by atoms with E-state index in [9.17, 15) is 24.6 Å². The van der Waals surface area contributed by atoms with E-state index < -0.39 is 24.0 Å². The minimum atomic E-state index is -1.19. The van der Waals surface area contributed by atoms with Gasteiger partial charge in [0.05, 0.1) is 12.0 Å². The van der Waals surface area contributed by atoms with Crippen molar-refractivity contribution in [2.24, 2.45) is 11.8 Å². The van der Waals surface area contributed by atoms with Crippen LogP contribution in [0.2, 0.25) is 0 Å². The van der Waals surface area contributed by atoms with Crippen molar-refractivity contribution >= 4 is 35.5 Å². The molecule has 1 aliphatic heterocycles. The fourth-order valence-electron chi connectivity index (χ4n) is 3.89. The maximum absolute atomic E-state index is 13.8. The molecular weight excluding hydrogens is 458 g/mol. The third kappa shape index (κ3) is 7.22. The number of rotatable bonds is 9. The number of hydrogen-bond acceptors (Lipinski definition) is 7. The summed E-state index contributed by atoms with van der Waals surface area (Å²) < 4.78 is 0. The van der Waals surface area contributed by atoms with Gasteiger partial charge in [0.25, 0.3) is 5.91 Å². The van der Waals surface area contributed by atoms with Crippen LogP contribution in [0.25, 0.3) is 0 Å². The molecule has 1 aliphatic rings. The van der Waals surface area contributed by atoms with E-state index in [0.717, 1.165) is 10.7 Å². The van der Waals surface area contributed by atoms with E-state index in [2.05, 4.69) is 15.3 Å². The zero-order chi connectivity index (χ0) is 25.6. The van der Waals surface area contributed by atoms with Crippen molar-refractivity contribution in [3.05, 3.63) is 17.6 Å². The van der Waals surface area contributed by atoms with Crippen LogP contribution in [0.5, 0.6) is 0 Å². The Labute approximate surface area is 205 Å². The molecule has 0 saturated carbocycles. The van der Waals surface area contributed by atoms with E-state index in [1.165, 1.54) is 6.20 Å². The molecule has 10 nitrogen and oxygen atoms in total. The summed E-state index contributed by atoms with van der Waals surface area (Å²) >= 11 is 1.67. The summed E-state index contributed by atoms with van der Waals surface area (Å²) in [4.78, 5) is 49.0. The molecular formula is C23H37N5O5S. The Morgan fingerprint density at radius 3 is 2.47 bits per heavy atom. The lowest BCUT2D eigenvalue weighted by atomic mass is 9.92. The van der Waals surface area contributed by atoms with Crippen molar-refractivity contribution in [3.8, 4) is 0 Å². The Hall–Kier alpha value is -2.56. The highest BCUT2D eigenvalue weighted by Crippen LogP contribution is 2.27. The molecule has 2 atom stereocenters. The molecule has 0 bridgehead atoms. The Bertz CT molecular complexity index is 867. The monoisotopic (exact) mass is 495 g/mol. The van der Waals surface area contributed by atoms with E-state index in [4.69, 9.17) is 0 Å². The number of aromatic nitrogens is 2. The average Bonchev–Trinajstić information content (AvgIpc) is 2.76. The number of thioether (sulfide) groups is 1. The van der Waals surface area contributed by atoms with Crippen molar-refractivity contribution in [2.75, 3.05) is 43.5 Å². The predicted molar refractivity (Wildman–Crippen MR) is 133 cm³/mol. The number of carboxylic acid groups (broad SMARTS) is 2. The molecule has 0 spiro atoms. The Balaban J connectivity index is 2.47. The molecule has 190 valence electrons. The van der Waals surface area contributed by atoms with Gasteiger partial charge in [-0.1, -0.05) is 34.6 Å². The molecule has 1 aromatic rings. The van der Waals surface area contributed by atoms with Crippen molar-refractivity contribution in [1.29, 1.82) is 0 Å². The van der Waals surface area contributed by atoms with Gasteiger partial charge in [-0.3, -0.25) is 9.59 Å². The van der Waals surface area contributed by atoms with E-state index in [1.807, 2.05) is 40.9 Å². The zero-order valence-electron chi connectivity index (χ0n) is 20.9. The van der Waals surface area contributed by atoms with Crippen LogP contribution in [-0.2, 0) is 10.2 Å². The van der Waals surface area contributed by atoms with E-state index >= 15 is 0 Å². The number of aliphatic carboxylic acids is 1. The normalized spacial score (nSPS) is 18.6. The molecule has 0 radical (unpaired) electrons. The minimum absolute atomic E-state index is 0.0632. The number of carbonyl (C=O) groups excluding carboxylic acids is 1. The number of carboxylic acids is 1. The van der Waals surface area contributed by atoms with Crippen LogP contribution in [0.1, 0.15) is 57.2 Å². The number of likely N-dealkylation sites (tertiary alicyclic amines) is 1. The number of nitrogens with one attached hydrogen (secondary N) is 1. The quantitative estimate of drug-likeness (QED) is 0.441. The van der Waals surface area contributed by atoms with Crippen LogP contribution in [0.4, 0.5) is 10.6 Å². The van der Waals surface area contributed by atoms with Crippen LogP contribution in [0, 0.1) is 11.8 Å². The van der Waals surface area contributed by atoms with Gasteiger partial charge in [0.15, 0.2) is 0 Å². The van der Waals surface area contributed by atoms with Gasteiger partial charge in [-0.15, -0.1) is 0 Å². The van der Waals surface area contributed by atoms with Crippen LogP contribution < -0.4 is 5.32 Å². The van der Waals surface area contributed by atoms with Crippen LogP contribution >= 0.6 is 11.8 Å². The fraction of sp³-hybridized carbons (Fsp3) is 0.696. The molecule has 2 heterocycles. The number of hydrogen-bond donors (Lipinski definition) is 3. The molecule has 3 N–H and O–H groups in total. The Morgan fingerprint density at radius 1 is 1.26 bits per heavy atom. The Kier molecular flexibility index (Phi) is 9.54. The molecule has 2 rings (SSSR count). The fourth-order valence-corrected chi connectivity index (χ4v) is 4.19. The second kappa shape index (κ2) is 11.7. The third-order valence-electron chi connectivity index (χ3n) is 5.60. The van der Waals surface area contributed by atoms with Crippen molar-refractivity contribution < 1.29 is 24.6 Å². The van der Waals surface area contributed by atoms with Gasteiger partial charge in [0.1, 0.15) is 17.2 Å². The lowest BCUT2D eigenvalue weighted by molar-refractivity contribution is -0.144. The molecule has 11 heteroatoms. The van der Waals surface area contributed by atoms with Gasteiger partial charge >= 0.3 is 12.1 Å². The standard InChI is InChI=1S/C23H37N5O5S/c1-14(2)11-28(16-9-15(20(30)31)12-27(13-16)22(32)33)19(29)17-10-25-21(23(3,4)5)26-18(17)24-7-8-34-6/h10,14-16H,7-9,11-13H2,1-6H3,(H,30,31)(H,32,33)(H,24,25,26)/t15-,16+/m1/s1. The first-order valence-corrected chi connectivity index (χ1v) is 12.9. The van der Waals surface area contributed by atoms with Crippen LogP contribution in [0.15, 0.2) is 6.20 Å². The molecule has 34 heavy (non-hydrogen) atoms. The number of piperidine rings is 1. The summed E-state index contributed by atoms with van der Waals surface area (Å²) in [6.45, 7) is 10.9. The van der Waals surface area contributed by atoms with Crippen molar-refractivity contribution in [3.63, 3.8) is 0 Å². The first-order chi connectivity index (χ1) is 15.8. The van der Waals surface area contributed by atoms with Crippen LogP contribution in [0.3, 0.4) is 0 Å². The first kappa shape index (κ1) is 27.7. The van der Waals surface area contributed by atoms with Crippen LogP contribution in [-0.4, -0.2) is 92.2 Å². The zero-order valence-corrected chi connectivity index (χ0v) is 21.7. The summed E-state index contributed by atoms with van der Waals surface area (Å²) in [6.07, 6.45) is 2.52. The summed E-state index contributed by atoms with van der Waals surface area (Å²) in [7, 11) is 0. The summed E-state index contributed by atoms with van der Waals surface area (Å²) in [5, 5.41) is 22.4. The third-order valence-corrected chi connectivity index (χ3v) is 6.21. The lowest BCUT2D eigenvalue weighted by Crippen LogP contribution is -2.56. The minimum Gasteiger partial charge on any atom is -0.481 e. The lowest BCUT2D eigenvalue weighted by Gasteiger charge is -2.41. The maximum atomic E-state index is 13.8. The SMILES string of the molecule is CSCCNc1nc(C(C)(C)C)ncc1C(=O)N(CC(C)C)[C@H]1C[C@@H](C(=O)O)CN(C(=O)O)C1. The second-order valence-corrected chi connectivity index (χ2v) is 11.1. The second-order valence-electron chi connectivity index (χ2n) is 10.1. The van der Waals surface area contributed by atoms with Gasteiger partial charge < -0.3 is 25.3 Å². The van der Waals surface area contributed by atoms with Crippen molar-refractivity contribution in [2.45, 2.75) is 52.5 Å².